The molecule has 1 N–H and O–H groups in total. The zero-order chi connectivity index (χ0) is 13.7. The Labute approximate surface area is 118 Å². The van der Waals surface area contributed by atoms with Gasteiger partial charge in [0.1, 0.15) is 17.2 Å². The second-order valence-electron chi connectivity index (χ2n) is 3.21. The molecule has 1 amide bonds. The molecule has 98 valence electrons. The summed E-state index contributed by atoms with van der Waals surface area (Å²) in [5.74, 6) is -0.740. The van der Waals surface area contributed by atoms with Crippen LogP contribution in [-0.4, -0.2) is 32.0 Å². The fourth-order valence-corrected chi connectivity index (χ4v) is 1.78. The number of carbonyl (C=O) groups is 2. The quantitative estimate of drug-likeness (QED) is 0.677. The lowest BCUT2D eigenvalue weighted by Gasteiger charge is -2.12. The molecule has 5 nitrogen and oxygen atoms in total. The van der Waals surface area contributed by atoms with E-state index in [-0.39, 0.29) is 17.4 Å². The van der Waals surface area contributed by atoms with Gasteiger partial charge in [-0.05, 0) is 22.0 Å². The molecule has 0 aliphatic rings. The highest BCUT2D eigenvalue weighted by molar-refractivity contribution is 9.10. The molecule has 1 rings (SSSR count). The summed E-state index contributed by atoms with van der Waals surface area (Å²) in [6, 6.07) is 3.02. The van der Waals surface area contributed by atoms with Gasteiger partial charge >= 0.3 is 5.97 Å². The molecule has 7 heteroatoms. The lowest BCUT2D eigenvalue weighted by atomic mass is 10.2. The topological polar surface area (TPSA) is 64.6 Å². The average molecular weight is 337 g/mol. The first-order valence-electron chi connectivity index (χ1n) is 4.85. The van der Waals surface area contributed by atoms with E-state index in [1.807, 2.05) is 0 Å². The van der Waals surface area contributed by atoms with Crippen molar-refractivity contribution in [1.82, 2.24) is 0 Å². The predicted molar refractivity (Wildman–Crippen MR) is 71.4 cm³/mol. The smallest absolute Gasteiger partial charge is 0.341 e. The fourth-order valence-electron chi connectivity index (χ4n) is 1.27. The van der Waals surface area contributed by atoms with E-state index in [1.54, 1.807) is 0 Å². The molecule has 0 saturated heterocycles. The predicted octanol–water partition coefficient (Wildman–Crippen LogP) is 2.42. The van der Waals surface area contributed by atoms with Gasteiger partial charge in [0, 0.05) is 10.5 Å². The Hall–Kier alpha value is -1.27. The van der Waals surface area contributed by atoms with E-state index in [0.717, 1.165) is 0 Å². The van der Waals surface area contributed by atoms with Crippen LogP contribution in [0.3, 0.4) is 0 Å². The van der Waals surface area contributed by atoms with Crippen LogP contribution in [-0.2, 0) is 9.53 Å². The van der Waals surface area contributed by atoms with Crippen molar-refractivity contribution < 1.29 is 19.1 Å². The average Bonchev–Trinajstić information content (AvgIpc) is 2.39. The third-order valence-electron chi connectivity index (χ3n) is 2.09. The molecule has 0 saturated carbocycles. The summed E-state index contributed by atoms with van der Waals surface area (Å²) in [6.45, 7) is 0. The standard InChI is InChI=1S/C11H11BrClNO4/c1-17-9-4-8(14-10(15)5-13)7(12)3-6(9)11(16)18-2/h3-4H,5H2,1-2H3,(H,14,15). The summed E-state index contributed by atoms with van der Waals surface area (Å²) in [5, 5.41) is 2.57. The molecule has 0 bridgehead atoms. The lowest BCUT2D eigenvalue weighted by Crippen LogP contribution is -2.14. The van der Waals surface area contributed by atoms with E-state index in [4.69, 9.17) is 16.3 Å². The van der Waals surface area contributed by atoms with Gasteiger partial charge in [-0.1, -0.05) is 0 Å². The molecule has 0 unspecified atom stereocenters. The number of ether oxygens (including phenoxy) is 2. The summed E-state index contributed by atoms with van der Waals surface area (Å²) in [7, 11) is 2.70. The number of carbonyl (C=O) groups excluding carboxylic acids is 2. The molecule has 0 spiro atoms. The summed E-state index contributed by atoms with van der Waals surface area (Å²) in [6.07, 6.45) is 0. The van der Waals surface area contributed by atoms with Crippen molar-refractivity contribution >= 4 is 45.1 Å². The van der Waals surface area contributed by atoms with Crippen molar-refractivity contribution in [3.8, 4) is 5.75 Å². The Morgan fingerprint density at radius 1 is 1.39 bits per heavy atom. The molecule has 0 radical (unpaired) electrons. The van der Waals surface area contributed by atoms with Crippen LogP contribution in [0.15, 0.2) is 16.6 Å². The van der Waals surface area contributed by atoms with E-state index in [0.29, 0.717) is 15.9 Å². The van der Waals surface area contributed by atoms with E-state index in [9.17, 15) is 9.59 Å². The molecule has 0 aliphatic carbocycles. The molecule has 0 heterocycles. The van der Waals surface area contributed by atoms with Gasteiger partial charge in [0.25, 0.3) is 0 Å². The SMILES string of the molecule is COC(=O)c1cc(Br)c(NC(=O)CCl)cc1OC. The van der Waals surface area contributed by atoms with Gasteiger partial charge in [0.05, 0.1) is 19.9 Å². The number of alkyl halides is 1. The Morgan fingerprint density at radius 3 is 2.56 bits per heavy atom. The highest BCUT2D eigenvalue weighted by Gasteiger charge is 2.16. The van der Waals surface area contributed by atoms with E-state index < -0.39 is 5.97 Å². The van der Waals surface area contributed by atoms with Crippen molar-refractivity contribution in [2.24, 2.45) is 0 Å². The number of amides is 1. The van der Waals surface area contributed by atoms with Crippen LogP contribution in [0.2, 0.25) is 0 Å². The molecule has 0 atom stereocenters. The lowest BCUT2D eigenvalue weighted by molar-refractivity contribution is -0.113. The van der Waals surface area contributed by atoms with Crippen molar-refractivity contribution in [3.05, 3.63) is 22.2 Å². The van der Waals surface area contributed by atoms with E-state index in [1.165, 1.54) is 26.4 Å². The van der Waals surface area contributed by atoms with Crippen LogP contribution in [0.5, 0.6) is 5.75 Å². The number of halogens is 2. The molecule has 0 fully saturated rings. The third kappa shape index (κ3) is 3.36. The first-order chi connectivity index (χ1) is 8.53. The van der Waals surface area contributed by atoms with Crippen molar-refractivity contribution in [2.75, 3.05) is 25.4 Å². The molecule has 0 aromatic heterocycles. The molecular weight excluding hydrogens is 325 g/mol. The molecule has 1 aromatic carbocycles. The number of rotatable bonds is 4. The van der Waals surface area contributed by atoms with Crippen molar-refractivity contribution in [1.29, 1.82) is 0 Å². The normalized spacial score (nSPS) is 9.78. The van der Waals surface area contributed by atoms with Gasteiger partial charge in [-0.25, -0.2) is 4.79 Å². The first-order valence-corrected chi connectivity index (χ1v) is 6.18. The van der Waals surface area contributed by atoms with Crippen LogP contribution in [0.1, 0.15) is 10.4 Å². The Kier molecular flexibility index (Phi) is 5.43. The second kappa shape index (κ2) is 6.61. The first kappa shape index (κ1) is 14.8. The monoisotopic (exact) mass is 335 g/mol. The zero-order valence-corrected chi connectivity index (χ0v) is 12.1. The third-order valence-corrected chi connectivity index (χ3v) is 2.99. The molecule has 18 heavy (non-hydrogen) atoms. The van der Waals surface area contributed by atoms with Crippen molar-refractivity contribution in [2.45, 2.75) is 0 Å². The maximum Gasteiger partial charge on any atom is 0.341 e. The molecule has 1 aromatic rings. The van der Waals surface area contributed by atoms with Gasteiger partial charge in [0.2, 0.25) is 5.91 Å². The highest BCUT2D eigenvalue weighted by Crippen LogP contribution is 2.31. The maximum absolute atomic E-state index is 11.5. The minimum Gasteiger partial charge on any atom is -0.496 e. The minimum atomic E-state index is -0.525. The number of nitrogens with one attached hydrogen (secondary N) is 1. The van der Waals surface area contributed by atoms with Crippen LogP contribution < -0.4 is 10.1 Å². The molecule has 0 aliphatic heterocycles. The summed E-state index contributed by atoms with van der Waals surface area (Å²) >= 11 is 8.64. The Morgan fingerprint density at radius 2 is 2.06 bits per heavy atom. The Bertz CT molecular complexity index is 478. The second-order valence-corrected chi connectivity index (χ2v) is 4.33. The minimum absolute atomic E-state index is 0.159. The van der Waals surface area contributed by atoms with Gasteiger partial charge in [0.15, 0.2) is 0 Å². The largest absolute Gasteiger partial charge is 0.496 e. The summed E-state index contributed by atoms with van der Waals surface area (Å²) in [5.41, 5.74) is 0.723. The number of hydrogen-bond donors (Lipinski definition) is 1. The van der Waals surface area contributed by atoms with Gasteiger partial charge in [-0.15, -0.1) is 11.6 Å². The maximum atomic E-state index is 11.5. The van der Waals surface area contributed by atoms with Gasteiger partial charge < -0.3 is 14.8 Å². The van der Waals surface area contributed by atoms with E-state index in [2.05, 4.69) is 26.0 Å². The summed E-state index contributed by atoms with van der Waals surface area (Å²) < 4.78 is 10.2. The van der Waals surface area contributed by atoms with Gasteiger partial charge in [-0.2, -0.15) is 0 Å². The van der Waals surface area contributed by atoms with Crippen LogP contribution >= 0.6 is 27.5 Å². The zero-order valence-electron chi connectivity index (χ0n) is 9.75. The highest BCUT2D eigenvalue weighted by atomic mass is 79.9. The number of anilines is 1. The van der Waals surface area contributed by atoms with E-state index >= 15 is 0 Å². The fraction of sp³-hybridized carbons (Fsp3) is 0.273. The van der Waals surface area contributed by atoms with Crippen LogP contribution in [0.4, 0.5) is 5.69 Å². The van der Waals surface area contributed by atoms with Crippen molar-refractivity contribution in [3.63, 3.8) is 0 Å². The Balaban J connectivity index is 3.18. The molecular formula is C11H11BrClNO4. The van der Waals surface area contributed by atoms with Crippen LogP contribution in [0, 0.1) is 0 Å². The van der Waals surface area contributed by atoms with Crippen LogP contribution in [0.25, 0.3) is 0 Å². The number of methoxy groups -OCH3 is 2. The number of hydrogen-bond acceptors (Lipinski definition) is 4. The number of esters is 1. The number of benzene rings is 1. The summed E-state index contributed by atoms with van der Waals surface area (Å²) in [4.78, 5) is 22.7. The van der Waals surface area contributed by atoms with Gasteiger partial charge in [-0.3, -0.25) is 4.79 Å².